The molecule has 0 aliphatic rings. The Morgan fingerprint density at radius 1 is 0.889 bits per heavy atom. The fraction of sp³-hybridized carbons (Fsp3) is 0.0357. The summed E-state index contributed by atoms with van der Waals surface area (Å²) in [5.74, 6) is -0.550. The molecule has 3 heterocycles. The molecule has 0 bridgehead atoms. The van der Waals surface area contributed by atoms with Crippen LogP contribution in [-0.4, -0.2) is 27.5 Å². The first-order chi connectivity index (χ1) is 17.6. The van der Waals surface area contributed by atoms with E-state index < -0.39 is 0 Å². The lowest BCUT2D eigenvalue weighted by Gasteiger charge is -2.09. The number of hydrazone groups is 1. The number of benzene rings is 2. The largest absolute Gasteiger partial charge is 0.322 e. The number of nitrogens with one attached hydrogen (secondary N) is 2. The molecular weight excluding hydrogens is 470 g/mol. The third-order valence-corrected chi connectivity index (χ3v) is 6.44. The number of hydrogen-bond acceptors (Lipinski definition) is 6. The van der Waals surface area contributed by atoms with Crippen LogP contribution < -0.4 is 10.7 Å². The Balaban J connectivity index is 1.32. The van der Waals surface area contributed by atoms with E-state index in [2.05, 4.69) is 20.8 Å². The lowest BCUT2D eigenvalue weighted by atomic mass is 10.1. The average molecular weight is 492 g/mol. The predicted molar refractivity (Wildman–Crippen MR) is 143 cm³/mol. The first kappa shape index (κ1) is 23.1. The number of aromatic nitrogens is 2. The van der Waals surface area contributed by atoms with Crippen LogP contribution in [0.5, 0.6) is 0 Å². The van der Waals surface area contributed by atoms with Gasteiger partial charge in [0.05, 0.1) is 32.9 Å². The van der Waals surface area contributed by atoms with Gasteiger partial charge in [0, 0.05) is 23.5 Å². The second-order valence-corrected chi connectivity index (χ2v) is 8.91. The number of amides is 2. The number of anilines is 1. The molecule has 0 spiro atoms. The van der Waals surface area contributed by atoms with Gasteiger partial charge >= 0.3 is 0 Å². The molecule has 36 heavy (non-hydrogen) atoms. The first-order valence-electron chi connectivity index (χ1n) is 11.2. The first-order valence-corrected chi connectivity index (χ1v) is 12.1. The molecule has 0 fully saturated rings. The van der Waals surface area contributed by atoms with Crippen LogP contribution in [0.3, 0.4) is 0 Å². The van der Waals surface area contributed by atoms with Crippen molar-refractivity contribution >= 4 is 45.5 Å². The molecule has 2 amide bonds. The molecule has 5 aromatic rings. The lowest BCUT2D eigenvalue weighted by molar-refractivity contribution is 0.0955. The van der Waals surface area contributed by atoms with E-state index in [0.717, 1.165) is 27.0 Å². The van der Waals surface area contributed by atoms with Crippen molar-refractivity contribution in [2.75, 3.05) is 5.32 Å². The monoisotopic (exact) mass is 491 g/mol. The SMILES string of the molecule is C/C(=N/NC(=O)c1cc(-c2cccs2)nc2ccccc12)c1ccc(NC(=O)c2cccnc2)cc1. The highest BCUT2D eigenvalue weighted by Gasteiger charge is 2.14. The van der Waals surface area contributed by atoms with E-state index in [9.17, 15) is 9.59 Å². The number of pyridine rings is 2. The van der Waals surface area contributed by atoms with Crippen LogP contribution in [0.15, 0.2) is 102 Å². The maximum Gasteiger partial charge on any atom is 0.272 e. The summed E-state index contributed by atoms with van der Waals surface area (Å²) in [5.41, 5.74) is 7.25. The van der Waals surface area contributed by atoms with Gasteiger partial charge in [-0.25, -0.2) is 10.4 Å². The Hall–Kier alpha value is -4.69. The number of fused-ring (bicyclic) bond motifs is 1. The topological polar surface area (TPSA) is 96.3 Å². The number of nitrogens with zero attached hydrogens (tertiary/aromatic N) is 3. The zero-order valence-electron chi connectivity index (χ0n) is 19.3. The van der Waals surface area contributed by atoms with Crippen molar-refractivity contribution in [3.63, 3.8) is 0 Å². The summed E-state index contributed by atoms with van der Waals surface area (Å²) in [5, 5.41) is 9.89. The second kappa shape index (κ2) is 10.3. The minimum Gasteiger partial charge on any atom is -0.322 e. The number of rotatable bonds is 6. The molecule has 5 rings (SSSR count). The molecule has 7 nitrogen and oxygen atoms in total. The highest BCUT2D eigenvalue weighted by Crippen LogP contribution is 2.27. The van der Waals surface area contributed by atoms with Gasteiger partial charge in [-0.2, -0.15) is 5.10 Å². The third kappa shape index (κ3) is 5.03. The van der Waals surface area contributed by atoms with Crippen LogP contribution in [0, 0.1) is 0 Å². The van der Waals surface area contributed by atoms with E-state index >= 15 is 0 Å². The molecule has 8 heteroatoms. The maximum absolute atomic E-state index is 13.1. The van der Waals surface area contributed by atoms with Gasteiger partial charge in [-0.1, -0.05) is 36.4 Å². The Bertz CT molecular complexity index is 1560. The van der Waals surface area contributed by atoms with Crippen molar-refractivity contribution in [2.45, 2.75) is 6.92 Å². The smallest absolute Gasteiger partial charge is 0.272 e. The van der Waals surface area contributed by atoms with E-state index in [0.29, 0.717) is 22.5 Å². The van der Waals surface area contributed by atoms with Crippen molar-refractivity contribution in [1.82, 2.24) is 15.4 Å². The van der Waals surface area contributed by atoms with Crippen LogP contribution in [-0.2, 0) is 0 Å². The minimum atomic E-state index is -0.314. The maximum atomic E-state index is 13.1. The molecule has 2 N–H and O–H groups in total. The quantitative estimate of drug-likeness (QED) is 0.233. The van der Waals surface area contributed by atoms with Crippen molar-refractivity contribution < 1.29 is 9.59 Å². The van der Waals surface area contributed by atoms with Crippen molar-refractivity contribution in [3.8, 4) is 10.6 Å². The van der Waals surface area contributed by atoms with Crippen LogP contribution in [0.2, 0.25) is 0 Å². The molecule has 3 aromatic heterocycles. The Labute approximate surface area is 211 Å². The van der Waals surface area contributed by atoms with Crippen LogP contribution >= 0.6 is 11.3 Å². The molecule has 0 radical (unpaired) electrons. The number of carbonyl (C=O) groups is 2. The summed E-state index contributed by atoms with van der Waals surface area (Å²) in [6.45, 7) is 1.81. The van der Waals surface area contributed by atoms with E-state index in [1.807, 2.05) is 60.8 Å². The molecule has 0 saturated heterocycles. The molecule has 0 saturated carbocycles. The summed E-state index contributed by atoms with van der Waals surface area (Å²) in [6, 6.07) is 24.0. The average Bonchev–Trinajstić information content (AvgIpc) is 3.47. The minimum absolute atomic E-state index is 0.236. The van der Waals surface area contributed by atoms with Crippen LogP contribution in [0.1, 0.15) is 33.2 Å². The summed E-state index contributed by atoms with van der Waals surface area (Å²) >= 11 is 1.57. The van der Waals surface area contributed by atoms with Gasteiger partial charge in [-0.05, 0) is 60.3 Å². The van der Waals surface area contributed by atoms with Gasteiger partial charge in [-0.3, -0.25) is 14.6 Å². The van der Waals surface area contributed by atoms with Gasteiger partial charge in [0.1, 0.15) is 0 Å². The Kier molecular flexibility index (Phi) is 6.59. The van der Waals surface area contributed by atoms with Crippen molar-refractivity contribution in [2.24, 2.45) is 5.10 Å². The van der Waals surface area contributed by atoms with Gasteiger partial charge in [0.15, 0.2) is 0 Å². The summed E-state index contributed by atoms with van der Waals surface area (Å²) in [6.07, 6.45) is 3.13. The molecular formula is C28H21N5O2S. The number of para-hydroxylation sites is 1. The lowest BCUT2D eigenvalue weighted by Crippen LogP contribution is -2.20. The number of hydrogen-bond donors (Lipinski definition) is 2. The summed E-state index contributed by atoms with van der Waals surface area (Å²) in [7, 11) is 0. The summed E-state index contributed by atoms with van der Waals surface area (Å²) < 4.78 is 0. The zero-order valence-corrected chi connectivity index (χ0v) is 20.1. The number of thiophene rings is 1. The van der Waals surface area contributed by atoms with E-state index in [1.54, 1.807) is 47.9 Å². The van der Waals surface area contributed by atoms with Crippen LogP contribution in [0.25, 0.3) is 21.5 Å². The fourth-order valence-electron chi connectivity index (χ4n) is 3.67. The third-order valence-electron chi connectivity index (χ3n) is 5.54. The van der Waals surface area contributed by atoms with Gasteiger partial charge in [0.25, 0.3) is 11.8 Å². The summed E-state index contributed by atoms with van der Waals surface area (Å²) in [4.78, 5) is 35.1. The van der Waals surface area contributed by atoms with Gasteiger partial charge in [0.2, 0.25) is 0 Å². The molecule has 0 aliphatic heterocycles. The number of carbonyl (C=O) groups excluding carboxylic acids is 2. The van der Waals surface area contributed by atoms with Gasteiger partial charge < -0.3 is 5.32 Å². The fourth-order valence-corrected chi connectivity index (χ4v) is 4.35. The Morgan fingerprint density at radius 3 is 2.47 bits per heavy atom. The van der Waals surface area contributed by atoms with E-state index in [4.69, 9.17) is 4.98 Å². The Morgan fingerprint density at radius 2 is 1.72 bits per heavy atom. The molecule has 0 aliphatic carbocycles. The highest BCUT2D eigenvalue weighted by molar-refractivity contribution is 7.13. The second-order valence-electron chi connectivity index (χ2n) is 7.96. The van der Waals surface area contributed by atoms with Crippen LogP contribution in [0.4, 0.5) is 5.69 Å². The molecule has 0 atom stereocenters. The van der Waals surface area contributed by atoms with Gasteiger partial charge in [-0.15, -0.1) is 11.3 Å². The molecule has 2 aromatic carbocycles. The molecule has 0 unspecified atom stereocenters. The normalized spacial score (nSPS) is 11.3. The van der Waals surface area contributed by atoms with E-state index in [1.165, 1.54) is 6.20 Å². The van der Waals surface area contributed by atoms with E-state index in [-0.39, 0.29) is 11.8 Å². The zero-order chi connectivity index (χ0) is 24.9. The predicted octanol–water partition coefficient (Wildman–Crippen LogP) is 5.76. The standard InChI is InChI=1S/C28H21N5O2S/c1-18(19-10-12-21(13-11-19)30-27(34)20-6-4-14-29-17-20)32-33-28(35)23-16-25(26-9-5-15-36-26)31-24-8-3-2-7-22(23)24/h2-17H,1H3,(H,30,34)(H,33,35)/b32-18-. The highest BCUT2D eigenvalue weighted by atomic mass is 32.1. The van der Waals surface area contributed by atoms with Crippen molar-refractivity contribution in [3.05, 3.63) is 113 Å². The van der Waals surface area contributed by atoms with Crippen molar-refractivity contribution in [1.29, 1.82) is 0 Å². The molecule has 176 valence electrons.